The first kappa shape index (κ1) is 16.2. The maximum Gasteiger partial charge on any atom is 0.139 e. The zero-order valence-electron chi connectivity index (χ0n) is 14.0. The number of carbonyl (C=O) groups is 1. The van der Waals surface area contributed by atoms with E-state index < -0.39 is 0 Å². The van der Waals surface area contributed by atoms with Crippen LogP contribution in [-0.4, -0.2) is 29.3 Å². The van der Waals surface area contributed by atoms with Crippen molar-refractivity contribution in [2.24, 2.45) is 5.41 Å². The van der Waals surface area contributed by atoms with E-state index in [1.165, 1.54) is 5.56 Å². The van der Waals surface area contributed by atoms with Crippen LogP contribution in [0.4, 0.5) is 0 Å². The molecule has 2 nitrogen and oxygen atoms in total. The summed E-state index contributed by atoms with van der Waals surface area (Å²) in [5.41, 5.74) is 1.37. The lowest BCUT2D eigenvalue weighted by Crippen LogP contribution is -2.50. The Balaban J connectivity index is 1.88. The Morgan fingerprint density at radius 2 is 1.71 bits per heavy atom. The van der Waals surface area contributed by atoms with E-state index in [1.807, 2.05) is 18.2 Å². The van der Waals surface area contributed by atoms with Crippen LogP contribution in [0.5, 0.6) is 0 Å². The number of hydrogen-bond acceptors (Lipinski definition) is 2. The highest BCUT2D eigenvalue weighted by Crippen LogP contribution is 2.35. The Labute approximate surface area is 129 Å². The molecule has 0 unspecified atom stereocenters. The Morgan fingerprint density at radius 1 is 1.14 bits per heavy atom. The molecule has 0 aliphatic carbocycles. The number of likely N-dealkylation sites (tertiary alicyclic amines) is 1. The lowest BCUT2D eigenvalue weighted by atomic mass is 9.74. The molecule has 1 aromatic carbocycles. The van der Waals surface area contributed by atoms with Crippen molar-refractivity contribution in [3.05, 3.63) is 35.9 Å². The third-order valence-electron chi connectivity index (χ3n) is 4.97. The largest absolute Gasteiger partial charge is 0.299 e. The fourth-order valence-corrected chi connectivity index (χ4v) is 3.15. The van der Waals surface area contributed by atoms with Crippen LogP contribution >= 0.6 is 0 Å². The first-order chi connectivity index (χ1) is 9.81. The molecule has 1 saturated heterocycles. The zero-order valence-corrected chi connectivity index (χ0v) is 14.0. The van der Waals surface area contributed by atoms with Crippen LogP contribution in [0.15, 0.2) is 30.3 Å². The third-order valence-corrected chi connectivity index (χ3v) is 4.97. The number of Topliss-reactive ketones (excluding diaryl/α,β-unsaturated/α-hetero) is 1. The standard InChI is InChI=1S/C19H29NO/c1-18(2,3)20-14-12-19(4,13-15-20)17(21)11-10-16-8-6-5-7-9-16/h5-9H,10-15H2,1-4H3. The van der Waals surface area contributed by atoms with Crippen LogP contribution in [0.25, 0.3) is 0 Å². The van der Waals surface area contributed by atoms with Gasteiger partial charge >= 0.3 is 0 Å². The molecule has 0 radical (unpaired) electrons. The monoisotopic (exact) mass is 287 g/mol. The number of nitrogens with zero attached hydrogens (tertiary/aromatic N) is 1. The quantitative estimate of drug-likeness (QED) is 0.831. The van der Waals surface area contributed by atoms with Crippen molar-refractivity contribution in [3.63, 3.8) is 0 Å². The van der Waals surface area contributed by atoms with Crippen molar-refractivity contribution in [1.29, 1.82) is 0 Å². The van der Waals surface area contributed by atoms with Crippen LogP contribution < -0.4 is 0 Å². The minimum Gasteiger partial charge on any atom is -0.299 e. The molecule has 116 valence electrons. The summed E-state index contributed by atoms with van der Waals surface area (Å²) in [5, 5.41) is 0. The molecule has 0 amide bonds. The first-order valence-electron chi connectivity index (χ1n) is 8.14. The van der Waals surface area contributed by atoms with Crippen molar-refractivity contribution < 1.29 is 4.79 Å². The smallest absolute Gasteiger partial charge is 0.139 e. The maximum absolute atomic E-state index is 12.6. The average Bonchev–Trinajstić information content (AvgIpc) is 2.45. The molecule has 21 heavy (non-hydrogen) atoms. The molecule has 0 spiro atoms. The summed E-state index contributed by atoms with van der Waals surface area (Å²) in [7, 11) is 0. The van der Waals surface area contributed by atoms with Crippen LogP contribution in [0.2, 0.25) is 0 Å². The van der Waals surface area contributed by atoms with Crippen LogP contribution in [0.1, 0.15) is 52.5 Å². The van der Waals surface area contributed by atoms with Gasteiger partial charge in [-0.15, -0.1) is 0 Å². The predicted octanol–water partition coefficient (Wildman–Crippen LogP) is 4.09. The van der Waals surface area contributed by atoms with E-state index >= 15 is 0 Å². The van der Waals surface area contributed by atoms with Crippen molar-refractivity contribution >= 4 is 5.78 Å². The van der Waals surface area contributed by atoms with Gasteiger partial charge in [0.2, 0.25) is 0 Å². The van der Waals surface area contributed by atoms with Gasteiger partial charge in [-0.3, -0.25) is 9.69 Å². The number of ketones is 1. The summed E-state index contributed by atoms with van der Waals surface area (Å²) in [4.78, 5) is 15.1. The van der Waals surface area contributed by atoms with Gasteiger partial charge in [-0.05, 0) is 58.7 Å². The number of aryl methyl sites for hydroxylation is 1. The van der Waals surface area contributed by atoms with Crippen molar-refractivity contribution in [1.82, 2.24) is 4.90 Å². The molecule has 1 aliphatic rings. The van der Waals surface area contributed by atoms with Crippen molar-refractivity contribution in [2.45, 2.75) is 58.9 Å². The minimum absolute atomic E-state index is 0.115. The molecule has 0 N–H and O–H groups in total. The highest BCUT2D eigenvalue weighted by molar-refractivity contribution is 5.84. The summed E-state index contributed by atoms with van der Waals surface area (Å²) in [5.74, 6) is 0.444. The molecule has 1 aliphatic heterocycles. The number of carbonyl (C=O) groups excluding carboxylic acids is 1. The van der Waals surface area contributed by atoms with Gasteiger partial charge in [0.05, 0.1) is 0 Å². The van der Waals surface area contributed by atoms with Gasteiger partial charge < -0.3 is 0 Å². The Hall–Kier alpha value is -1.15. The van der Waals surface area contributed by atoms with Crippen LogP contribution in [-0.2, 0) is 11.2 Å². The van der Waals surface area contributed by atoms with Gasteiger partial charge in [0.15, 0.2) is 0 Å². The highest BCUT2D eigenvalue weighted by Gasteiger charge is 2.38. The molecule has 1 fully saturated rings. The SMILES string of the molecule is CC1(C(=O)CCc2ccccc2)CCN(C(C)(C)C)CC1. The van der Waals surface area contributed by atoms with Gasteiger partial charge in [0, 0.05) is 17.4 Å². The van der Waals surface area contributed by atoms with Gasteiger partial charge in [-0.25, -0.2) is 0 Å². The minimum atomic E-state index is -0.115. The topological polar surface area (TPSA) is 20.3 Å². The molecule has 0 atom stereocenters. The summed E-state index contributed by atoms with van der Waals surface area (Å²) in [6, 6.07) is 10.3. The Kier molecular flexibility index (Phi) is 4.88. The van der Waals surface area contributed by atoms with Gasteiger partial charge in [0.1, 0.15) is 5.78 Å². The summed E-state index contributed by atoms with van der Waals surface area (Å²) in [6.45, 7) is 11.0. The second kappa shape index (κ2) is 6.31. The van der Waals surface area contributed by atoms with E-state index in [9.17, 15) is 4.79 Å². The van der Waals surface area contributed by atoms with Crippen LogP contribution in [0.3, 0.4) is 0 Å². The van der Waals surface area contributed by atoms with Crippen molar-refractivity contribution in [3.8, 4) is 0 Å². The summed E-state index contributed by atoms with van der Waals surface area (Å²) < 4.78 is 0. The fourth-order valence-electron chi connectivity index (χ4n) is 3.15. The second-order valence-corrected chi connectivity index (χ2v) is 7.63. The van der Waals surface area contributed by atoms with E-state index in [0.717, 1.165) is 32.4 Å². The van der Waals surface area contributed by atoms with E-state index in [-0.39, 0.29) is 11.0 Å². The van der Waals surface area contributed by atoms with Crippen molar-refractivity contribution in [2.75, 3.05) is 13.1 Å². The Morgan fingerprint density at radius 3 is 2.24 bits per heavy atom. The molecule has 1 heterocycles. The van der Waals surface area contributed by atoms with Gasteiger partial charge in [0.25, 0.3) is 0 Å². The Bertz CT molecular complexity index is 464. The zero-order chi connectivity index (χ0) is 15.5. The van der Waals surface area contributed by atoms with E-state index in [0.29, 0.717) is 12.2 Å². The van der Waals surface area contributed by atoms with Crippen LogP contribution in [0, 0.1) is 5.41 Å². The highest BCUT2D eigenvalue weighted by atomic mass is 16.1. The summed E-state index contributed by atoms with van der Waals surface area (Å²) >= 11 is 0. The van der Waals surface area contributed by atoms with Gasteiger partial charge in [-0.2, -0.15) is 0 Å². The number of rotatable bonds is 4. The second-order valence-electron chi connectivity index (χ2n) is 7.63. The lowest BCUT2D eigenvalue weighted by molar-refractivity contribution is -0.131. The van der Waals surface area contributed by atoms with Gasteiger partial charge in [-0.1, -0.05) is 37.3 Å². The normalized spacial score (nSPS) is 19.4. The molecular formula is C19H29NO. The third kappa shape index (κ3) is 4.16. The maximum atomic E-state index is 12.6. The lowest BCUT2D eigenvalue weighted by Gasteiger charge is -2.44. The van der Waals surface area contributed by atoms with E-state index in [2.05, 4.69) is 44.7 Å². The summed E-state index contributed by atoms with van der Waals surface area (Å²) in [6.07, 6.45) is 3.55. The fraction of sp³-hybridized carbons (Fsp3) is 0.632. The van der Waals surface area contributed by atoms with E-state index in [4.69, 9.17) is 0 Å². The van der Waals surface area contributed by atoms with E-state index in [1.54, 1.807) is 0 Å². The molecule has 0 saturated carbocycles. The predicted molar refractivity (Wildman–Crippen MR) is 88.4 cm³/mol. The number of piperidine rings is 1. The number of hydrogen-bond donors (Lipinski definition) is 0. The molecule has 2 rings (SSSR count). The molecular weight excluding hydrogens is 258 g/mol. The molecule has 0 bridgehead atoms. The molecule has 2 heteroatoms. The number of benzene rings is 1. The first-order valence-corrected chi connectivity index (χ1v) is 8.14. The average molecular weight is 287 g/mol. The molecule has 0 aromatic heterocycles. The molecule has 1 aromatic rings.